The molecule has 0 atom stereocenters. The first-order valence-electron chi connectivity index (χ1n) is 11.2. The number of carbonyl (C=O) groups is 2. The van der Waals surface area contributed by atoms with Gasteiger partial charge in [0.2, 0.25) is 5.91 Å². The summed E-state index contributed by atoms with van der Waals surface area (Å²) >= 11 is 6.41. The van der Waals surface area contributed by atoms with E-state index in [4.69, 9.17) is 11.6 Å². The van der Waals surface area contributed by atoms with Gasteiger partial charge in [0.1, 0.15) is 0 Å². The van der Waals surface area contributed by atoms with E-state index in [1.165, 1.54) is 11.1 Å². The van der Waals surface area contributed by atoms with Gasteiger partial charge in [-0.05, 0) is 42.0 Å². The van der Waals surface area contributed by atoms with Crippen LogP contribution in [0, 0.1) is 5.92 Å². The summed E-state index contributed by atoms with van der Waals surface area (Å²) in [4.78, 5) is 27.5. The molecule has 1 N–H and O–H groups in total. The number of hydrogen-bond acceptors (Lipinski definition) is 4. The van der Waals surface area contributed by atoms with Crippen LogP contribution >= 0.6 is 11.6 Å². The average Bonchev–Trinajstić information content (AvgIpc) is 3.20. The van der Waals surface area contributed by atoms with Gasteiger partial charge >= 0.3 is 0 Å². The summed E-state index contributed by atoms with van der Waals surface area (Å²) in [6.07, 6.45) is 2.00. The Labute approximate surface area is 196 Å². The Morgan fingerprint density at radius 3 is 2.28 bits per heavy atom. The standard InChI is InChI=1S/C25H33ClN4O2/c1-19(2)9-8-14-27-24(31)17-29(23-13-7-6-12-22(23)26)18-25(32)28(3)30-15-20-10-4-5-11-21(20)16-30/h4-7,10-13,19H,8-9,14-18H2,1-3H3,(H,27,31). The monoisotopic (exact) mass is 456 g/mol. The SMILES string of the molecule is CC(C)CCCNC(=O)CN(CC(=O)N(C)N1Cc2ccccc2C1)c1ccccc1Cl. The number of amides is 2. The third-order valence-electron chi connectivity index (χ3n) is 5.74. The smallest absolute Gasteiger partial charge is 0.256 e. The summed E-state index contributed by atoms with van der Waals surface area (Å²) in [6.45, 7) is 6.50. The molecule has 0 unspecified atom stereocenters. The fourth-order valence-corrected chi connectivity index (χ4v) is 4.11. The van der Waals surface area contributed by atoms with Crippen molar-refractivity contribution in [2.24, 2.45) is 5.92 Å². The minimum absolute atomic E-state index is 0.0620. The average molecular weight is 457 g/mol. The molecule has 1 aliphatic rings. The molecule has 0 saturated heterocycles. The molecular weight excluding hydrogens is 424 g/mol. The van der Waals surface area contributed by atoms with Crippen molar-refractivity contribution in [1.29, 1.82) is 0 Å². The molecular formula is C25H33ClN4O2. The maximum Gasteiger partial charge on any atom is 0.256 e. The number of benzene rings is 2. The molecule has 2 aromatic carbocycles. The minimum atomic E-state index is -0.113. The first-order valence-corrected chi connectivity index (χ1v) is 11.6. The van der Waals surface area contributed by atoms with E-state index in [9.17, 15) is 9.59 Å². The number of hydrazine groups is 1. The number of hydrogen-bond donors (Lipinski definition) is 1. The van der Waals surface area contributed by atoms with Gasteiger partial charge in [0.15, 0.2) is 0 Å². The lowest BCUT2D eigenvalue weighted by Crippen LogP contribution is -2.48. The maximum atomic E-state index is 13.2. The molecule has 0 aliphatic carbocycles. The second-order valence-electron chi connectivity index (χ2n) is 8.70. The van der Waals surface area contributed by atoms with Crippen molar-refractivity contribution in [1.82, 2.24) is 15.3 Å². The second kappa shape index (κ2) is 11.3. The Morgan fingerprint density at radius 2 is 1.66 bits per heavy atom. The molecule has 7 heteroatoms. The Bertz CT molecular complexity index is 909. The normalized spacial score (nSPS) is 13.2. The molecule has 0 spiro atoms. The van der Waals surface area contributed by atoms with Crippen LogP contribution in [0.15, 0.2) is 48.5 Å². The van der Waals surface area contributed by atoms with Crippen molar-refractivity contribution in [2.45, 2.75) is 39.8 Å². The van der Waals surface area contributed by atoms with Crippen molar-refractivity contribution in [3.05, 3.63) is 64.7 Å². The molecule has 172 valence electrons. The highest BCUT2D eigenvalue weighted by Crippen LogP contribution is 2.26. The van der Waals surface area contributed by atoms with Gasteiger partial charge in [-0.3, -0.25) is 14.6 Å². The van der Waals surface area contributed by atoms with Gasteiger partial charge in [0, 0.05) is 26.7 Å². The lowest BCUT2D eigenvalue weighted by Gasteiger charge is -2.31. The van der Waals surface area contributed by atoms with E-state index < -0.39 is 0 Å². The summed E-state index contributed by atoms with van der Waals surface area (Å²) in [5, 5.41) is 7.16. The summed E-state index contributed by atoms with van der Waals surface area (Å²) < 4.78 is 0. The van der Waals surface area contributed by atoms with Crippen LogP contribution in [0.4, 0.5) is 5.69 Å². The number of nitrogens with zero attached hydrogens (tertiary/aromatic N) is 3. The first-order chi connectivity index (χ1) is 15.3. The maximum absolute atomic E-state index is 13.2. The van der Waals surface area contributed by atoms with Crippen molar-refractivity contribution in [3.8, 4) is 0 Å². The van der Waals surface area contributed by atoms with Crippen LogP contribution in [0.25, 0.3) is 0 Å². The number of nitrogens with one attached hydrogen (secondary N) is 1. The predicted octanol–water partition coefficient (Wildman–Crippen LogP) is 4.09. The third kappa shape index (κ3) is 6.47. The third-order valence-corrected chi connectivity index (χ3v) is 6.06. The van der Waals surface area contributed by atoms with Gasteiger partial charge in [-0.1, -0.05) is 61.8 Å². The van der Waals surface area contributed by atoms with Crippen LogP contribution in [-0.4, -0.2) is 48.5 Å². The van der Waals surface area contributed by atoms with Crippen molar-refractivity contribution in [2.75, 3.05) is 31.6 Å². The highest BCUT2D eigenvalue weighted by Gasteiger charge is 2.27. The largest absolute Gasteiger partial charge is 0.355 e. The molecule has 32 heavy (non-hydrogen) atoms. The van der Waals surface area contributed by atoms with Crippen molar-refractivity contribution >= 4 is 29.1 Å². The zero-order valence-corrected chi connectivity index (χ0v) is 19.9. The van der Waals surface area contributed by atoms with Crippen LogP contribution in [0.1, 0.15) is 37.8 Å². The number of rotatable bonds is 10. The molecule has 3 rings (SSSR count). The number of carbonyl (C=O) groups excluding carboxylic acids is 2. The lowest BCUT2D eigenvalue weighted by atomic mass is 10.1. The van der Waals surface area contributed by atoms with E-state index in [1.54, 1.807) is 23.0 Å². The summed E-state index contributed by atoms with van der Waals surface area (Å²) in [5.74, 6) is 0.402. The van der Waals surface area contributed by atoms with Crippen molar-refractivity contribution in [3.63, 3.8) is 0 Å². The van der Waals surface area contributed by atoms with Gasteiger partial charge < -0.3 is 10.2 Å². The lowest BCUT2D eigenvalue weighted by molar-refractivity contribution is -0.145. The Morgan fingerprint density at radius 1 is 1.03 bits per heavy atom. The molecule has 0 bridgehead atoms. The van der Waals surface area contributed by atoms with Crippen LogP contribution < -0.4 is 10.2 Å². The van der Waals surface area contributed by atoms with Gasteiger partial charge in [-0.15, -0.1) is 0 Å². The second-order valence-corrected chi connectivity index (χ2v) is 9.11. The molecule has 0 aromatic heterocycles. The Balaban J connectivity index is 1.64. The van der Waals surface area contributed by atoms with Gasteiger partial charge in [-0.2, -0.15) is 0 Å². The van der Waals surface area contributed by atoms with E-state index in [0.29, 0.717) is 36.3 Å². The van der Waals surface area contributed by atoms with E-state index in [1.807, 2.05) is 35.3 Å². The quantitative estimate of drug-likeness (QED) is 0.547. The molecule has 0 saturated carbocycles. The zero-order chi connectivity index (χ0) is 23.1. The number of likely N-dealkylation sites (N-methyl/N-ethyl adjacent to an activating group) is 1. The molecule has 2 aromatic rings. The van der Waals surface area contributed by atoms with Crippen LogP contribution in [0.2, 0.25) is 5.02 Å². The molecule has 6 nitrogen and oxygen atoms in total. The number of fused-ring (bicyclic) bond motifs is 1. The zero-order valence-electron chi connectivity index (χ0n) is 19.2. The highest BCUT2D eigenvalue weighted by atomic mass is 35.5. The predicted molar refractivity (Wildman–Crippen MR) is 129 cm³/mol. The summed E-state index contributed by atoms with van der Waals surface area (Å²) in [6, 6.07) is 15.5. The van der Waals surface area contributed by atoms with Crippen LogP contribution in [0.3, 0.4) is 0 Å². The molecule has 0 radical (unpaired) electrons. The van der Waals surface area contributed by atoms with Crippen molar-refractivity contribution < 1.29 is 9.59 Å². The molecule has 0 fully saturated rings. The fourth-order valence-electron chi connectivity index (χ4n) is 3.85. The first kappa shape index (κ1) is 24.1. The molecule has 2 amide bonds. The number of para-hydroxylation sites is 1. The van der Waals surface area contributed by atoms with Gasteiger partial charge in [0.05, 0.1) is 23.8 Å². The Kier molecular flexibility index (Phi) is 8.53. The highest BCUT2D eigenvalue weighted by molar-refractivity contribution is 6.33. The molecule has 1 heterocycles. The topological polar surface area (TPSA) is 55.9 Å². The number of halogens is 1. The van der Waals surface area contributed by atoms with E-state index >= 15 is 0 Å². The Hall–Kier alpha value is -2.57. The van der Waals surface area contributed by atoms with Crippen LogP contribution in [0.5, 0.6) is 0 Å². The minimum Gasteiger partial charge on any atom is -0.355 e. The molecule has 1 aliphatic heterocycles. The van der Waals surface area contributed by atoms with E-state index in [0.717, 1.165) is 12.8 Å². The van der Waals surface area contributed by atoms with E-state index in [-0.39, 0.29) is 24.9 Å². The van der Waals surface area contributed by atoms with Gasteiger partial charge in [-0.25, -0.2) is 5.01 Å². The van der Waals surface area contributed by atoms with E-state index in [2.05, 4.69) is 31.3 Å². The number of anilines is 1. The van der Waals surface area contributed by atoms with Crippen LogP contribution in [-0.2, 0) is 22.7 Å². The van der Waals surface area contributed by atoms with Gasteiger partial charge in [0.25, 0.3) is 5.91 Å². The summed E-state index contributed by atoms with van der Waals surface area (Å²) in [5.41, 5.74) is 3.14. The fraction of sp³-hybridized carbons (Fsp3) is 0.440. The summed E-state index contributed by atoms with van der Waals surface area (Å²) in [7, 11) is 1.78.